The van der Waals surface area contributed by atoms with Crippen molar-refractivity contribution < 1.29 is 9.47 Å². The lowest BCUT2D eigenvalue weighted by molar-refractivity contribution is 0.0682. The third-order valence-electron chi connectivity index (χ3n) is 3.37. The maximum atomic E-state index is 6.08. The first kappa shape index (κ1) is 15.9. The van der Waals surface area contributed by atoms with Gasteiger partial charge >= 0.3 is 0 Å². The summed E-state index contributed by atoms with van der Waals surface area (Å²) in [6, 6.07) is 5.55. The molecule has 1 saturated heterocycles. The van der Waals surface area contributed by atoms with E-state index in [1.54, 1.807) is 6.20 Å². The van der Waals surface area contributed by atoms with Crippen LogP contribution in [0.2, 0.25) is 9.49 Å². The lowest BCUT2D eigenvalue weighted by Crippen LogP contribution is -2.16. The van der Waals surface area contributed by atoms with E-state index < -0.39 is 0 Å². The first-order valence-corrected chi connectivity index (χ1v) is 8.66. The van der Waals surface area contributed by atoms with Gasteiger partial charge in [0, 0.05) is 22.7 Å². The highest BCUT2D eigenvalue weighted by Crippen LogP contribution is 2.30. The fourth-order valence-corrected chi connectivity index (χ4v) is 3.36. The molecule has 118 valence electrons. The van der Waals surface area contributed by atoms with Crippen LogP contribution < -0.4 is 10.1 Å². The predicted molar refractivity (Wildman–Crippen MR) is 90.4 cm³/mol. The number of benzene rings is 1. The Morgan fingerprint density at radius 2 is 2.32 bits per heavy atom. The fraction of sp³-hybridized carbons (Fsp3) is 0.400. The van der Waals surface area contributed by atoms with Gasteiger partial charge in [0.2, 0.25) is 0 Å². The van der Waals surface area contributed by atoms with Crippen molar-refractivity contribution in [2.75, 3.05) is 18.5 Å². The molecule has 4 nitrogen and oxygen atoms in total. The Balaban J connectivity index is 1.64. The summed E-state index contributed by atoms with van der Waals surface area (Å²) in [5, 5.41) is 3.98. The number of thiazole rings is 1. The van der Waals surface area contributed by atoms with Crippen LogP contribution >= 0.6 is 34.5 Å². The molecular formula is C15H16Cl2N2O2S. The third-order valence-corrected chi connectivity index (χ3v) is 4.72. The van der Waals surface area contributed by atoms with Gasteiger partial charge in [0.1, 0.15) is 12.4 Å². The maximum Gasteiger partial charge on any atom is 0.183 e. The summed E-state index contributed by atoms with van der Waals surface area (Å²) in [4.78, 5) is 5.08. The molecule has 1 aliphatic heterocycles. The van der Waals surface area contributed by atoms with Crippen LogP contribution in [0.1, 0.15) is 17.7 Å². The molecule has 22 heavy (non-hydrogen) atoms. The monoisotopic (exact) mass is 358 g/mol. The number of hydrogen-bond acceptors (Lipinski definition) is 5. The molecule has 1 aromatic heterocycles. The van der Waals surface area contributed by atoms with Crippen molar-refractivity contribution in [3.8, 4) is 5.75 Å². The lowest BCUT2D eigenvalue weighted by atomic mass is 10.2. The van der Waals surface area contributed by atoms with E-state index in [2.05, 4.69) is 10.3 Å². The Kier molecular flexibility index (Phi) is 5.41. The molecule has 1 atom stereocenters. The number of ether oxygens (including phenoxy) is 2. The van der Waals surface area contributed by atoms with Gasteiger partial charge in [-0.3, -0.25) is 0 Å². The SMILES string of the molecule is Clc1ccc(OC[C@@H]2CCCO2)c(NCc2cnc(Cl)s2)c1. The van der Waals surface area contributed by atoms with Gasteiger partial charge in [0.25, 0.3) is 0 Å². The molecule has 0 saturated carbocycles. The molecule has 3 rings (SSSR count). The second kappa shape index (κ2) is 7.51. The van der Waals surface area contributed by atoms with E-state index in [1.165, 1.54) is 11.3 Å². The number of hydrogen-bond donors (Lipinski definition) is 1. The topological polar surface area (TPSA) is 43.4 Å². The Labute approximate surface area is 143 Å². The van der Waals surface area contributed by atoms with Gasteiger partial charge in [-0.25, -0.2) is 4.98 Å². The molecule has 1 aromatic carbocycles. The molecule has 0 unspecified atom stereocenters. The maximum absolute atomic E-state index is 6.08. The fourth-order valence-electron chi connectivity index (χ4n) is 2.27. The van der Waals surface area contributed by atoms with Crippen LogP contribution in [0.25, 0.3) is 0 Å². The summed E-state index contributed by atoms with van der Waals surface area (Å²) in [5.41, 5.74) is 0.856. The summed E-state index contributed by atoms with van der Waals surface area (Å²) < 4.78 is 12.0. The smallest absolute Gasteiger partial charge is 0.183 e. The van der Waals surface area contributed by atoms with E-state index in [0.717, 1.165) is 35.8 Å². The molecule has 0 spiro atoms. The Morgan fingerprint density at radius 1 is 1.41 bits per heavy atom. The molecule has 2 heterocycles. The van der Waals surface area contributed by atoms with Crippen LogP contribution in [-0.2, 0) is 11.3 Å². The number of halogens is 2. The second-order valence-corrected chi connectivity index (χ2v) is 7.15. The molecule has 2 aromatic rings. The van der Waals surface area contributed by atoms with Crippen LogP contribution in [0.15, 0.2) is 24.4 Å². The molecular weight excluding hydrogens is 343 g/mol. The van der Waals surface area contributed by atoms with Gasteiger partial charge in [-0.15, -0.1) is 11.3 Å². The zero-order valence-corrected chi connectivity index (χ0v) is 14.2. The molecule has 0 bridgehead atoms. The lowest BCUT2D eigenvalue weighted by Gasteiger charge is -2.15. The Morgan fingerprint density at radius 3 is 3.05 bits per heavy atom. The standard InChI is InChI=1S/C15H16Cl2N2O2S/c16-10-3-4-14(21-9-11-2-1-5-20-11)13(6-10)18-7-12-8-19-15(17)22-12/h3-4,6,8,11,18H,1-2,5,7,9H2/t11-/m0/s1. The number of anilines is 1. The number of nitrogens with one attached hydrogen (secondary N) is 1. The largest absolute Gasteiger partial charge is 0.489 e. The van der Waals surface area contributed by atoms with Crippen molar-refractivity contribution in [2.45, 2.75) is 25.5 Å². The zero-order chi connectivity index (χ0) is 15.4. The normalized spacial score (nSPS) is 17.6. The number of aromatic nitrogens is 1. The van der Waals surface area contributed by atoms with Gasteiger partial charge in [0.05, 0.1) is 18.3 Å². The minimum atomic E-state index is 0.184. The summed E-state index contributed by atoms with van der Waals surface area (Å²) in [5.74, 6) is 0.774. The average molecular weight is 359 g/mol. The van der Waals surface area contributed by atoms with Gasteiger partial charge < -0.3 is 14.8 Å². The molecule has 0 amide bonds. The third kappa shape index (κ3) is 4.26. The second-order valence-electron chi connectivity index (χ2n) is 5.02. The predicted octanol–water partition coefficient (Wildman–Crippen LogP) is 4.62. The van der Waals surface area contributed by atoms with E-state index in [1.807, 2.05) is 18.2 Å². The first-order chi connectivity index (χ1) is 10.7. The van der Waals surface area contributed by atoms with Crippen molar-refractivity contribution in [3.05, 3.63) is 38.8 Å². The highest BCUT2D eigenvalue weighted by molar-refractivity contribution is 7.15. The van der Waals surface area contributed by atoms with Gasteiger partial charge in [-0.1, -0.05) is 23.2 Å². The van der Waals surface area contributed by atoms with Crippen LogP contribution in [0.3, 0.4) is 0 Å². The number of rotatable bonds is 6. The summed E-state index contributed by atoms with van der Waals surface area (Å²) in [6.45, 7) is 2.01. The van der Waals surface area contributed by atoms with Crippen LogP contribution in [-0.4, -0.2) is 24.3 Å². The van der Waals surface area contributed by atoms with E-state index in [4.69, 9.17) is 32.7 Å². The summed E-state index contributed by atoms with van der Waals surface area (Å²) in [7, 11) is 0. The molecule has 7 heteroatoms. The van der Waals surface area contributed by atoms with Crippen LogP contribution in [0.4, 0.5) is 5.69 Å². The van der Waals surface area contributed by atoms with Gasteiger partial charge in [-0.2, -0.15) is 0 Å². The minimum absolute atomic E-state index is 0.184. The molecule has 1 aliphatic rings. The van der Waals surface area contributed by atoms with Crippen molar-refractivity contribution in [1.82, 2.24) is 4.98 Å². The number of nitrogens with zero attached hydrogens (tertiary/aromatic N) is 1. The average Bonchev–Trinajstić information content (AvgIpc) is 3.15. The van der Waals surface area contributed by atoms with Crippen molar-refractivity contribution in [3.63, 3.8) is 0 Å². The van der Waals surface area contributed by atoms with E-state index in [9.17, 15) is 0 Å². The molecule has 1 fully saturated rings. The van der Waals surface area contributed by atoms with E-state index in [0.29, 0.717) is 22.6 Å². The van der Waals surface area contributed by atoms with Crippen LogP contribution in [0.5, 0.6) is 5.75 Å². The van der Waals surface area contributed by atoms with E-state index in [-0.39, 0.29) is 6.10 Å². The molecule has 0 aliphatic carbocycles. The summed E-state index contributed by atoms with van der Waals surface area (Å²) >= 11 is 13.4. The quantitative estimate of drug-likeness (QED) is 0.817. The molecule has 1 N–H and O–H groups in total. The zero-order valence-electron chi connectivity index (χ0n) is 11.9. The van der Waals surface area contributed by atoms with Crippen molar-refractivity contribution in [1.29, 1.82) is 0 Å². The Hall–Kier alpha value is -1.01. The van der Waals surface area contributed by atoms with Crippen molar-refractivity contribution in [2.24, 2.45) is 0 Å². The minimum Gasteiger partial charge on any atom is -0.489 e. The first-order valence-electron chi connectivity index (χ1n) is 7.09. The highest BCUT2D eigenvalue weighted by Gasteiger charge is 2.17. The van der Waals surface area contributed by atoms with Gasteiger partial charge in [0.15, 0.2) is 4.47 Å². The van der Waals surface area contributed by atoms with Crippen molar-refractivity contribution >= 4 is 40.2 Å². The Bertz CT molecular complexity index is 630. The van der Waals surface area contributed by atoms with Crippen LogP contribution in [0, 0.1) is 0 Å². The summed E-state index contributed by atoms with van der Waals surface area (Å²) in [6.07, 6.45) is 4.10. The van der Waals surface area contributed by atoms with E-state index >= 15 is 0 Å². The highest BCUT2D eigenvalue weighted by atomic mass is 35.5. The van der Waals surface area contributed by atoms with Gasteiger partial charge in [-0.05, 0) is 31.0 Å². The molecule has 0 radical (unpaired) electrons.